The van der Waals surface area contributed by atoms with Gasteiger partial charge in [-0.1, -0.05) is 24.3 Å². The number of aromatic nitrogens is 1. The number of para-hydroxylation sites is 1. The Morgan fingerprint density at radius 3 is 2.42 bits per heavy atom. The van der Waals surface area contributed by atoms with E-state index in [0.717, 1.165) is 17.9 Å². The van der Waals surface area contributed by atoms with Crippen LogP contribution in [0.3, 0.4) is 0 Å². The van der Waals surface area contributed by atoms with Crippen LogP contribution in [-0.2, 0) is 10.0 Å². The quantitative estimate of drug-likeness (QED) is 0.720. The van der Waals surface area contributed by atoms with E-state index in [1.807, 2.05) is 36.4 Å². The molecule has 5 nitrogen and oxygen atoms in total. The van der Waals surface area contributed by atoms with E-state index in [9.17, 15) is 8.42 Å². The summed E-state index contributed by atoms with van der Waals surface area (Å²) in [6.07, 6.45) is 1.67. The van der Waals surface area contributed by atoms with E-state index in [1.54, 1.807) is 29.8 Å². The third kappa shape index (κ3) is 3.58. The Hall–Kier alpha value is -2.38. The number of nitrogens with one attached hydrogen (secondary N) is 1. The maximum Gasteiger partial charge on any atom is 0.272 e. The van der Waals surface area contributed by atoms with Crippen molar-refractivity contribution in [1.29, 1.82) is 0 Å². The molecule has 2 aromatic heterocycles. The fourth-order valence-electron chi connectivity index (χ4n) is 2.33. The third-order valence-electron chi connectivity index (χ3n) is 3.44. The van der Waals surface area contributed by atoms with Gasteiger partial charge in [0.1, 0.15) is 10.0 Å². The molecular formula is C17H17N3O2S2. The molecule has 1 aromatic carbocycles. The van der Waals surface area contributed by atoms with Gasteiger partial charge >= 0.3 is 0 Å². The van der Waals surface area contributed by atoms with Gasteiger partial charge in [0.05, 0.1) is 11.9 Å². The molecule has 0 aliphatic carbocycles. The molecular weight excluding hydrogens is 342 g/mol. The highest BCUT2D eigenvalue weighted by Gasteiger charge is 2.16. The molecule has 3 aromatic rings. The molecule has 2 heterocycles. The van der Waals surface area contributed by atoms with Crippen LogP contribution in [0.5, 0.6) is 0 Å². The lowest BCUT2D eigenvalue weighted by Crippen LogP contribution is -2.17. The van der Waals surface area contributed by atoms with E-state index in [1.165, 1.54) is 11.3 Å². The highest BCUT2D eigenvalue weighted by atomic mass is 32.2. The fraction of sp³-hybridized carbons (Fsp3) is 0.118. The second-order valence-corrected chi connectivity index (χ2v) is 7.88. The van der Waals surface area contributed by atoms with E-state index in [2.05, 4.69) is 21.5 Å². The molecule has 0 saturated heterocycles. The summed E-state index contributed by atoms with van der Waals surface area (Å²) in [6.45, 7) is 2.84. The van der Waals surface area contributed by atoms with Crippen molar-refractivity contribution in [2.24, 2.45) is 0 Å². The summed E-state index contributed by atoms with van der Waals surface area (Å²) < 4.78 is 27.2. The Kier molecular flexibility index (Phi) is 4.82. The molecule has 0 fully saturated rings. The number of benzene rings is 1. The highest BCUT2D eigenvalue weighted by Crippen LogP contribution is 2.25. The molecule has 0 radical (unpaired) electrons. The summed E-state index contributed by atoms with van der Waals surface area (Å²) in [7, 11) is -3.57. The monoisotopic (exact) mass is 359 g/mol. The predicted octanol–water partition coefficient (Wildman–Crippen LogP) is 4.10. The van der Waals surface area contributed by atoms with Gasteiger partial charge in [0, 0.05) is 12.2 Å². The van der Waals surface area contributed by atoms with Crippen LogP contribution in [0.2, 0.25) is 0 Å². The minimum Gasteiger partial charge on any atom is -0.341 e. The van der Waals surface area contributed by atoms with Crippen molar-refractivity contribution in [3.63, 3.8) is 0 Å². The number of hydrogen-bond acceptors (Lipinski definition) is 5. The van der Waals surface area contributed by atoms with Crippen molar-refractivity contribution >= 4 is 38.6 Å². The topological polar surface area (TPSA) is 62.3 Å². The summed E-state index contributed by atoms with van der Waals surface area (Å²) in [5.74, 6) is 0.302. The molecule has 3 rings (SSSR count). The van der Waals surface area contributed by atoms with E-state index < -0.39 is 10.0 Å². The first-order chi connectivity index (χ1) is 11.6. The summed E-state index contributed by atoms with van der Waals surface area (Å²) in [5, 5.41) is 1.73. The number of nitrogens with zero attached hydrogens (tertiary/aromatic N) is 2. The first-order valence-corrected chi connectivity index (χ1v) is 9.81. The number of anilines is 3. The lowest BCUT2D eigenvalue weighted by Gasteiger charge is -2.23. The Bertz CT molecular complexity index is 877. The lowest BCUT2D eigenvalue weighted by atomic mass is 10.2. The summed E-state index contributed by atoms with van der Waals surface area (Å²) in [5.41, 5.74) is 1.97. The first-order valence-electron chi connectivity index (χ1n) is 7.45. The maximum atomic E-state index is 12.2. The molecule has 0 unspecified atom stereocenters. The van der Waals surface area contributed by atoms with Gasteiger partial charge in [-0.2, -0.15) is 0 Å². The average molecular weight is 359 g/mol. The second-order valence-electron chi connectivity index (χ2n) is 5.02. The number of pyridine rings is 1. The second kappa shape index (κ2) is 7.02. The van der Waals surface area contributed by atoms with Gasteiger partial charge in [0.2, 0.25) is 0 Å². The number of hydrogen-bond donors (Lipinski definition) is 1. The van der Waals surface area contributed by atoms with Gasteiger partial charge < -0.3 is 4.90 Å². The van der Waals surface area contributed by atoms with Crippen LogP contribution in [0.4, 0.5) is 17.2 Å². The zero-order valence-corrected chi connectivity index (χ0v) is 14.7. The molecule has 0 bridgehead atoms. The Morgan fingerprint density at radius 1 is 1.04 bits per heavy atom. The van der Waals surface area contributed by atoms with Crippen molar-refractivity contribution < 1.29 is 8.42 Å². The number of sulfonamides is 1. The first kappa shape index (κ1) is 16.5. The van der Waals surface area contributed by atoms with Crippen molar-refractivity contribution in [2.75, 3.05) is 16.2 Å². The molecule has 0 aliphatic heterocycles. The molecule has 0 spiro atoms. The minimum absolute atomic E-state index is 0.271. The summed E-state index contributed by atoms with van der Waals surface area (Å²) >= 11 is 1.17. The van der Waals surface area contributed by atoms with Crippen LogP contribution in [0.1, 0.15) is 6.92 Å². The summed E-state index contributed by atoms with van der Waals surface area (Å²) in [4.78, 5) is 6.34. The van der Waals surface area contributed by atoms with Crippen LogP contribution in [-0.4, -0.2) is 19.9 Å². The molecule has 0 amide bonds. The Labute approximate surface area is 145 Å². The van der Waals surface area contributed by atoms with Gasteiger partial charge in [-0.3, -0.25) is 4.72 Å². The Balaban J connectivity index is 1.81. The van der Waals surface area contributed by atoms with Crippen LogP contribution < -0.4 is 9.62 Å². The van der Waals surface area contributed by atoms with Crippen LogP contribution >= 0.6 is 11.3 Å². The standard InChI is InChI=1S/C17H17N3O2S2/c1-2-20(14-7-4-3-5-8-14)15-10-11-16(18-13-15)19-24(21,22)17-9-6-12-23-17/h3-13H,2H2,1H3,(H,18,19). The largest absolute Gasteiger partial charge is 0.341 e. The molecule has 0 saturated carbocycles. The highest BCUT2D eigenvalue weighted by molar-refractivity contribution is 7.94. The predicted molar refractivity (Wildman–Crippen MR) is 98.5 cm³/mol. The van der Waals surface area contributed by atoms with Crippen molar-refractivity contribution in [3.05, 3.63) is 66.2 Å². The molecule has 24 heavy (non-hydrogen) atoms. The SMILES string of the molecule is CCN(c1ccccc1)c1ccc(NS(=O)(=O)c2cccs2)nc1. The molecule has 0 aliphatic rings. The zero-order chi connectivity index (χ0) is 17.0. The van der Waals surface area contributed by atoms with Gasteiger partial charge in [0.25, 0.3) is 10.0 Å². The van der Waals surface area contributed by atoms with Gasteiger partial charge in [-0.25, -0.2) is 13.4 Å². The third-order valence-corrected chi connectivity index (χ3v) is 6.19. The molecule has 0 atom stereocenters. The smallest absolute Gasteiger partial charge is 0.272 e. The van der Waals surface area contributed by atoms with Gasteiger partial charge in [-0.05, 0) is 42.6 Å². The average Bonchev–Trinajstić information content (AvgIpc) is 3.13. The molecule has 7 heteroatoms. The van der Waals surface area contributed by atoms with Gasteiger partial charge in [-0.15, -0.1) is 11.3 Å². The van der Waals surface area contributed by atoms with E-state index in [4.69, 9.17) is 0 Å². The number of thiophene rings is 1. The van der Waals surface area contributed by atoms with E-state index >= 15 is 0 Å². The van der Waals surface area contributed by atoms with Crippen molar-refractivity contribution in [3.8, 4) is 0 Å². The van der Waals surface area contributed by atoms with Crippen LogP contribution in [0.25, 0.3) is 0 Å². The normalized spacial score (nSPS) is 11.2. The van der Waals surface area contributed by atoms with E-state index in [-0.39, 0.29) is 4.21 Å². The van der Waals surface area contributed by atoms with Gasteiger partial charge in [0.15, 0.2) is 0 Å². The summed E-state index contributed by atoms with van der Waals surface area (Å²) in [6, 6.07) is 16.8. The minimum atomic E-state index is -3.57. The fourth-order valence-corrected chi connectivity index (χ4v) is 4.33. The zero-order valence-electron chi connectivity index (χ0n) is 13.1. The van der Waals surface area contributed by atoms with E-state index in [0.29, 0.717) is 5.82 Å². The van der Waals surface area contributed by atoms with Crippen molar-refractivity contribution in [1.82, 2.24) is 4.98 Å². The maximum absolute atomic E-state index is 12.2. The Morgan fingerprint density at radius 2 is 1.83 bits per heavy atom. The molecule has 1 N–H and O–H groups in total. The van der Waals surface area contributed by atoms with Crippen LogP contribution in [0.15, 0.2) is 70.4 Å². The number of rotatable bonds is 6. The lowest BCUT2D eigenvalue weighted by molar-refractivity contribution is 0.603. The van der Waals surface area contributed by atoms with Crippen LogP contribution in [0, 0.1) is 0 Å². The molecule has 124 valence electrons. The van der Waals surface area contributed by atoms with Crippen molar-refractivity contribution in [2.45, 2.75) is 11.1 Å².